The van der Waals surface area contributed by atoms with Crippen LogP contribution in [0.3, 0.4) is 0 Å². The molecule has 0 amide bonds. The molecular weight excluding hydrogens is 529 g/mol. The predicted molar refractivity (Wildman–Crippen MR) is 180 cm³/mol. The molecule has 0 saturated carbocycles. The molecule has 6 heteroatoms. The van der Waals surface area contributed by atoms with Gasteiger partial charge in [0.15, 0.2) is 0 Å². The van der Waals surface area contributed by atoms with Crippen LogP contribution in [0.1, 0.15) is 156 Å². The Bertz CT molecular complexity index is 548. The van der Waals surface area contributed by atoms with E-state index in [-0.39, 0.29) is 0 Å². The highest BCUT2D eigenvalue weighted by Gasteiger charge is 2.58. The Balaban J connectivity index is 2.89. The summed E-state index contributed by atoms with van der Waals surface area (Å²) in [5, 5.41) is 0. The third-order valence-electron chi connectivity index (χ3n) is 8.36. The second kappa shape index (κ2) is 22.4. The maximum absolute atomic E-state index is 7.06. The van der Waals surface area contributed by atoms with Crippen LogP contribution < -0.4 is 0 Å². The third-order valence-corrected chi connectivity index (χ3v) is 21.7. The van der Waals surface area contributed by atoms with E-state index in [4.69, 9.17) is 12.3 Å². The minimum Gasteiger partial charge on any atom is -0.409 e. The lowest BCUT2D eigenvalue weighted by atomic mass is 10.1. The Morgan fingerprint density at radius 2 is 0.564 bits per heavy atom. The molecular formula is C33H66O3Si3. The normalized spacial score (nSPS) is 25.0. The summed E-state index contributed by atoms with van der Waals surface area (Å²) in [6.07, 6.45) is 27.2. The molecule has 1 rings (SSSR count). The second-order valence-electron chi connectivity index (χ2n) is 12.0. The van der Waals surface area contributed by atoms with Crippen LogP contribution in [0, 0.1) is 0 Å². The molecule has 0 aliphatic carbocycles. The van der Waals surface area contributed by atoms with Crippen molar-refractivity contribution in [3.63, 3.8) is 0 Å². The topological polar surface area (TPSA) is 27.7 Å². The molecule has 0 bridgehead atoms. The van der Waals surface area contributed by atoms with Crippen LogP contribution >= 0.6 is 0 Å². The van der Waals surface area contributed by atoms with Gasteiger partial charge in [-0.3, -0.25) is 0 Å². The van der Waals surface area contributed by atoms with Crippen molar-refractivity contribution >= 4 is 25.7 Å². The molecule has 39 heavy (non-hydrogen) atoms. The zero-order chi connectivity index (χ0) is 28.7. The maximum Gasteiger partial charge on any atom is 0.347 e. The van der Waals surface area contributed by atoms with Crippen LogP contribution in [0.15, 0.2) is 36.8 Å². The van der Waals surface area contributed by atoms with Gasteiger partial charge in [0.1, 0.15) is 0 Å². The maximum atomic E-state index is 7.06. The first kappa shape index (κ1) is 36.8. The largest absolute Gasteiger partial charge is 0.409 e. The Morgan fingerprint density at radius 1 is 0.359 bits per heavy atom. The Labute approximate surface area is 248 Å². The smallest absolute Gasteiger partial charge is 0.347 e. The van der Waals surface area contributed by atoms with Gasteiger partial charge in [-0.25, -0.2) is 0 Å². The summed E-state index contributed by atoms with van der Waals surface area (Å²) in [7, 11) is -7.79. The van der Waals surface area contributed by atoms with Crippen LogP contribution in [-0.4, -0.2) is 25.7 Å². The van der Waals surface area contributed by atoms with Crippen LogP contribution in [0.4, 0.5) is 0 Å². The van der Waals surface area contributed by atoms with E-state index in [0.717, 1.165) is 37.4 Å². The molecule has 1 aliphatic heterocycles. The molecule has 1 aliphatic rings. The molecule has 1 fully saturated rings. The molecule has 0 unspecified atom stereocenters. The van der Waals surface area contributed by atoms with Gasteiger partial charge in [-0.1, -0.05) is 173 Å². The van der Waals surface area contributed by atoms with Gasteiger partial charge in [0.2, 0.25) is 0 Å². The van der Waals surface area contributed by atoms with Crippen molar-refractivity contribution in [2.45, 2.75) is 174 Å². The third kappa shape index (κ3) is 15.0. The van der Waals surface area contributed by atoms with Gasteiger partial charge in [0.05, 0.1) is 0 Å². The van der Waals surface area contributed by atoms with Crippen LogP contribution in [0.25, 0.3) is 0 Å². The fourth-order valence-electron chi connectivity index (χ4n) is 5.79. The molecule has 0 aromatic rings. The van der Waals surface area contributed by atoms with Crippen molar-refractivity contribution in [1.82, 2.24) is 0 Å². The Hall–Kier alpha value is -0.249. The Morgan fingerprint density at radius 3 is 0.769 bits per heavy atom. The zero-order valence-electron chi connectivity index (χ0n) is 26.5. The van der Waals surface area contributed by atoms with E-state index in [9.17, 15) is 0 Å². The fraction of sp³-hybridized carbons (Fsp3) is 0.818. The van der Waals surface area contributed by atoms with Gasteiger partial charge in [-0.2, -0.15) is 0 Å². The minimum absolute atomic E-state index is 0.993. The average Bonchev–Trinajstić information content (AvgIpc) is 2.95. The molecule has 3 nitrogen and oxygen atoms in total. The number of unbranched alkanes of at least 4 members (excludes halogenated alkanes) is 18. The molecule has 0 spiro atoms. The van der Waals surface area contributed by atoms with Crippen LogP contribution in [0.5, 0.6) is 0 Å². The monoisotopic (exact) mass is 594 g/mol. The molecule has 1 heterocycles. The molecule has 228 valence electrons. The summed E-state index contributed by atoms with van der Waals surface area (Å²) >= 11 is 0. The second-order valence-corrected chi connectivity index (χ2v) is 22.0. The van der Waals surface area contributed by atoms with Gasteiger partial charge in [-0.15, -0.1) is 19.7 Å². The van der Waals surface area contributed by atoms with E-state index in [1.54, 1.807) is 0 Å². The van der Waals surface area contributed by atoms with Crippen molar-refractivity contribution in [3.8, 4) is 0 Å². The van der Waals surface area contributed by atoms with Crippen molar-refractivity contribution in [3.05, 3.63) is 36.8 Å². The van der Waals surface area contributed by atoms with E-state index in [0.29, 0.717) is 0 Å². The molecule has 1 saturated heterocycles. The standard InChI is InChI=1S/C33H66O3Si3/c1-7-13-16-19-22-25-28-31-37(10-4)34-38(11-5,32-29-26-23-20-17-14-8-2)36-39(12-6,35-37)33-30-27-24-21-18-15-9-3/h10-12H,4-9,13-33H2,1-3H3. The predicted octanol–water partition coefficient (Wildman–Crippen LogP) is 11.8. The van der Waals surface area contributed by atoms with Crippen molar-refractivity contribution in [1.29, 1.82) is 0 Å². The van der Waals surface area contributed by atoms with E-state index >= 15 is 0 Å². The SMILES string of the molecule is C=C[Si]1(CCCCCCCCC)O[Si](C=C)(CCCCCCCCC)O[Si](C=C)(CCCCCCCCC)O1. The van der Waals surface area contributed by atoms with Gasteiger partial charge < -0.3 is 12.3 Å². The lowest BCUT2D eigenvalue weighted by Gasteiger charge is -2.51. The van der Waals surface area contributed by atoms with Gasteiger partial charge in [0.25, 0.3) is 0 Å². The Kier molecular flexibility index (Phi) is 21.1. The molecule has 0 aromatic heterocycles. The van der Waals surface area contributed by atoms with E-state index in [2.05, 4.69) is 57.6 Å². The molecule has 0 aromatic carbocycles. The van der Waals surface area contributed by atoms with E-state index in [1.165, 1.54) is 116 Å². The average molecular weight is 595 g/mol. The summed E-state index contributed by atoms with van der Waals surface area (Å²) in [6.45, 7) is 19.8. The molecule has 0 N–H and O–H groups in total. The van der Waals surface area contributed by atoms with Gasteiger partial charge >= 0.3 is 25.7 Å². The number of hydrogen-bond acceptors (Lipinski definition) is 3. The highest BCUT2D eigenvalue weighted by atomic mass is 28.5. The summed E-state index contributed by atoms with van der Waals surface area (Å²) in [5.74, 6) is 0. The van der Waals surface area contributed by atoms with E-state index in [1.807, 2.05) is 0 Å². The minimum atomic E-state index is -2.60. The summed E-state index contributed by atoms with van der Waals surface area (Å²) in [6, 6.07) is 2.98. The lowest BCUT2D eigenvalue weighted by Crippen LogP contribution is -2.68. The highest BCUT2D eigenvalue weighted by molar-refractivity contribution is 6.99. The summed E-state index contributed by atoms with van der Waals surface area (Å²) in [5.41, 5.74) is 6.25. The molecule has 0 atom stereocenters. The molecule has 0 radical (unpaired) electrons. The fourth-order valence-corrected chi connectivity index (χ4v) is 21.7. The van der Waals surface area contributed by atoms with Crippen LogP contribution in [0.2, 0.25) is 18.1 Å². The van der Waals surface area contributed by atoms with Crippen molar-refractivity contribution in [2.75, 3.05) is 0 Å². The van der Waals surface area contributed by atoms with Crippen LogP contribution in [-0.2, 0) is 12.3 Å². The lowest BCUT2D eigenvalue weighted by molar-refractivity contribution is 0.231. The number of hydrogen-bond donors (Lipinski definition) is 0. The summed E-state index contributed by atoms with van der Waals surface area (Å²) < 4.78 is 21.2. The zero-order valence-corrected chi connectivity index (χ0v) is 29.5. The number of rotatable bonds is 27. The van der Waals surface area contributed by atoms with Gasteiger partial charge in [0, 0.05) is 0 Å². The van der Waals surface area contributed by atoms with Gasteiger partial charge in [-0.05, 0) is 18.1 Å². The summed E-state index contributed by atoms with van der Waals surface area (Å²) in [4.78, 5) is 0. The first-order valence-electron chi connectivity index (χ1n) is 17.0. The van der Waals surface area contributed by atoms with Crippen molar-refractivity contribution in [2.24, 2.45) is 0 Å². The quantitative estimate of drug-likeness (QED) is 0.0699. The van der Waals surface area contributed by atoms with E-state index < -0.39 is 25.7 Å². The van der Waals surface area contributed by atoms with Crippen molar-refractivity contribution < 1.29 is 12.3 Å². The first-order chi connectivity index (χ1) is 19.0. The highest BCUT2D eigenvalue weighted by Crippen LogP contribution is 2.40. The first-order valence-corrected chi connectivity index (χ1v) is 23.3.